The van der Waals surface area contributed by atoms with Crippen LogP contribution in [0.5, 0.6) is 0 Å². The largest absolute Gasteiger partial charge is 0.349 e. The maximum absolute atomic E-state index is 4.29. The molecular formula is C15H18IN3. The maximum Gasteiger partial charge on any atom is 0.223 e. The molecule has 0 saturated carbocycles. The smallest absolute Gasteiger partial charge is 0.223 e. The van der Waals surface area contributed by atoms with Crippen LogP contribution in [0.4, 0.5) is 5.95 Å². The highest BCUT2D eigenvalue weighted by atomic mass is 127. The standard InChI is InChI=1S/C15H18IN3/c1-15(2,9-8-12-6-4-3-5-7-12)19-14-17-10-13(16)11-18-14/h3-7,10-11H,8-9H2,1-2H3,(H,17,18,19). The van der Waals surface area contributed by atoms with Gasteiger partial charge < -0.3 is 5.32 Å². The van der Waals surface area contributed by atoms with Gasteiger partial charge in [-0.1, -0.05) is 30.3 Å². The quantitative estimate of drug-likeness (QED) is 0.815. The van der Waals surface area contributed by atoms with Crippen molar-refractivity contribution in [3.8, 4) is 0 Å². The first-order valence-electron chi connectivity index (χ1n) is 6.35. The lowest BCUT2D eigenvalue weighted by molar-refractivity contribution is 0.514. The lowest BCUT2D eigenvalue weighted by Crippen LogP contribution is -2.32. The normalized spacial score (nSPS) is 11.3. The van der Waals surface area contributed by atoms with Crippen molar-refractivity contribution in [1.82, 2.24) is 9.97 Å². The van der Waals surface area contributed by atoms with Crippen molar-refractivity contribution in [2.24, 2.45) is 0 Å². The van der Waals surface area contributed by atoms with E-state index in [9.17, 15) is 0 Å². The molecule has 0 fully saturated rings. The molecule has 1 N–H and O–H groups in total. The first-order chi connectivity index (χ1) is 9.05. The van der Waals surface area contributed by atoms with Crippen LogP contribution in [0.3, 0.4) is 0 Å². The zero-order valence-electron chi connectivity index (χ0n) is 11.2. The van der Waals surface area contributed by atoms with Crippen molar-refractivity contribution < 1.29 is 0 Å². The first-order valence-corrected chi connectivity index (χ1v) is 7.43. The topological polar surface area (TPSA) is 37.8 Å². The molecule has 2 rings (SSSR count). The summed E-state index contributed by atoms with van der Waals surface area (Å²) in [5.74, 6) is 0.693. The van der Waals surface area contributed by atoms with Gasteiger partial charge in [0.05, 0.1) is 0 Å². The van der Waals surface area contributed by atoms with Gasteiger partial charge in [0.15, 0.2) is 0 Å². The van der Waals surface area contributed by atoms with Crippen molar-refractivity contribution in [2.75, 3.05) is 5.32 Å². The van der Waals surface area contributed by atoms with Gasteiger partial charge in [0.2, 0.25) is 5.95 Å². The van der Waals surface area contributed by atoms with Crippen molar-refractivity contribution in [2.45, 2.75) is 32.2 Å². The van der Waals surface area contributed by atoms with Crippen LogP contribution in [0.25, 0.3) is 0 Å². The average molecular weight is 367 g/mol. The Bertz CT molecular complexity index is 509. The molecule has 0 aliphatic heterocycles. The number of aromatic nitrogens is 2. The van der Waals surface area contributed by atoms with Crippen LogP contribution in [0.1, 0.15) is 25.8 Å². The number of hydrogen-bond acceptors (Lipinski definition) is 3. The molecule has 3 nitrogen and oxygen atoms in total. The summed E-state index contributed by atoms with van der Waals surface area (Å²) in [6.07, 6.45) is 5.73. The summed E-state index contributed by atoms with van der Waals surface area (Å²) in [5.41, 5.74) is 1.34. The van der Waals surface area contributed by atoms with Crippen LogP contribution in [0.15, 0.2) is 42.7 Å². The van der Waals surface area contributed by atoms with E-state index in [0.29, 0.717) is 5.95 Å². The second-order valence-electron chi connectivity index (χ2n) is 5.22. The second-order valence-corrected chi connectivity index (χ2v) is 6.47. The Morgan fingerprint density at radius 2 is 1.74 bits per heavy atom. The average Bonchev–Trinajstić information content (AvgIpc) is 2.40. The van der Waals surface area contributed by atoms with Gasteiger partial charge in [0, 0.05) is 21.5 Å². The van der Waals surface area contributed by atoms with E-state index in [1.54, 1.807) is 0 Å². The molecule has 0 unspecified atom stereocenters. The number of nitrogens with zero attached hydrogens (tertiary/aromatic N) is 2. The third-order valence-electron chi connectivity index (χ3n) is 2.95. The maximum atomic E-state index is 4.29. The molecular weight excluding hydrogens is 349 g/mol. The minimum atomic E-state index is -0.0252. The van der Waals surface area contributed by atoms with E-state index in [-0.39, 0.29) is 5.54 Å². The Morgan fingerprint density at radius 3 is 2.37 bits per heavy atom. The molecule has 0 radical (unpaired) electrons. The number of anilines is 1. The molecule has 0 spiro atoms. The molecule has 1 aromatic heterocycles. The molecule has 0 saturated heterocycles. The Labute approximate surface area is 128 Å². The molecule has 1 heterocycles. The second kappa shape index (κ2) is 6.32. The third-order valence-corrected chi connectivity index (χ3v) is 3.51. The van der Waals surface area contributed by atoms with E-state index >= 15 is 0 Å². The zero-order valence-corrected chi connectivity index (χ0v) is 13.4. The highest BCUT2D eigenvalue weighted by Gasteiger charge is 2.18. The predicted octanol–water partition coefficient (Wildman–Crippen LogP) is 3.90. The lowest BCUT2D eigenvalue weighted by atomic mass is 9.95. The number of rotatable bonds is 5. The fourth-order valence-corrected chi connectivity index (χ4v) is 2.12. The van der Waals surface area contributed by atoms with E-state index in [0.717, 1.165) is 16.4 Å². The molecule has 4 heteroatoms. The molecule has 0 bridgehead atoms. The summed E-state index contributed by atoms with van der Waals surface area (Å²) in [6, 6.07) is 10.5. The van der Waals surface area contributed by atoms with E-state index in [1.807, 2.05) is 18.5 Å². The minimum Gasteiger partial charge on any atom is -0.349 e. The van der Waals surface area contributed by atoms with Crippen LogP contribution in [-0.4, -0.2) is 15.5 Å². The zero-order chi connectivity index (χ0) is 13.7. The Morgan fingerprint density at radius 1 is 1.11 bits per heavy atom. The summed E-state index contributed by atoms with van der Waals surface area (Å²) in [7, 11) is 0. The Balaban J connectivity index is 1.93. The molecule has 100 valence electrons. The van der Waals surface area contributed by atoms with Crippen molar-refractivity contribution >= 4 is 28.5 Å². The summed E-state index contributed by atoms with van der Waals surface area (Å²) in [4.78, 5) is 8.58. The Kier molecular flexibility index (Phi) is 4.74. The predicted molar refractivity (Wildman–Crippen MR) is 87.2 cm³/mol. The molecule has 0 atom stereocenters. The van der Waals surface area contributed by atoms with Crippen LogP contribution < -0.4 is 5.32 Å². The molecule has 1 aromatic carbocycles. The number of nitrogens with one attached hydrogen (secondary N) is 1. The SMILES string of the molecule is CC(C)(CCc1ccccc1)Nc1ncc(I)cn1. The number of aryl methyl sites for hydroxylation is 1. The Hall–Kier alpha value is -1.17. The van der Waals surface area contributed by atoms with Crippen molar-refractivity contribution in [1.29, 1.82) is 0 Å². The summed E-state index contributed by atoms with van der Waals surface area (Å²) >= 11 is 2.21. The van der Waals surface area contributed by atoms with E-state index in [2.05, 4.69) is 76.0 Å². The summed E-state index contributed by atoms with van der Waals surface area (Å²) in [6.45, 7) is 4.36. The summed E-state index contributed by atoms with van der Waals surface area (Å²) < 4.78 is 1.05. The number of hydrogen-bond donors (Lipinski definition) is 1. The van der Waals surface area contributed by atoms with Gasteiger partial charge in [0.25, 0.3) is 0 Å². The van der Waals surface area contributed by atoms with E-state index < -0.39 is 0 Å². The highest BCUT2D eigenvalue weighted by Crippen LogP contribution is 2.18. The van der Waals surface area contributed by atoms with Crippen LogP contribution in [0.2, 0.25) is 0 Å². The third kappa shape index (κ3) is 4.78. The fraction of sp³-hybridized carbons (Fsp3) is 0.333. The van der Waals surface area contributed by atoms with Crippen LogP contribution in [-0.2, 0) is 6.42 Å². The number of benzene rings is 1. The minimum absolute atomic E-state index is 0.0252. The van der Waals surface area contributed by atoms with Gasteiger partial charge in [-0.3, -0.25) is 0 Å². The van der Waals surface area contributed by atoms with E-state index in [1.165, 1.54) is 5.56 Å². The fourth-order valence-electron chi connectivity index (χ4n) is 1.84. The molecule has 2 aromatic rings. The van der Waals surface area contributed by atoms with Gasteiger partial charge in [-0.15, -0.1) is 0 Å². The van der Waals surface area contributed by atoms with Crippen LogP contribution >= 0.6 is 22.6 Å². The van der Waals surface area contributed by atoms with E-state index in [4.69, 9.17) is 0 Å². The summed E-state index contributed by atoms with van der Waals surface area (Å²) in [5, 5.41) is 3.39. The van der Waals surface area contributed by atoms with Crippen LogP contribution in [0, 0.1) is 3.57 Å². The lowest BCUT2D eigenvalue weighted by Gasteiger charge is -2.26. The van der Waals surface area contributed by atoms with Crippen molar-refractivity contribution in [3.05, 3.63) is 51.9 Å². The van der Waals surface area contributed by atoms with Gasteiger partial charge in [0.1, 0.15) is 0 Å². The first kappa shape index (κ1) is 14.2. The van der Waals surface area contributed by atoms with Crippen molar-refractivity contribution in [3.63, 3.8) is 0 Å². The molecule has 0 aliphatic carbocycles. The monoisotopic (exact) mass is 367 g/mol. The molecule has 19 heavy (non-hydrogen) atoms. The molecule has 0 amide bonds. The van der Waals surface area contributed by atoms with Gasteiger partial charge in [-0.05, 0) is 54.8 Å². The van der Waals surface area contributed by atoms with Gasteiger partial charge in [-0.25, -0.2) is 9.97 Å². The van der Waals surface area contributed by atoms with Gasteiger partial charge >= 0.3 is 0 Å². The molecule has 0 aliphatic rings. The van der Waals surface area contributed by atoms with Gasteiger partial charge in [-0.2, -0.15) is 0 Å². The highest BCUT2D eigenvalue weighted by molar-refractivity contribution is 14.1. The number of halogens is 1.